The minimum atomic E-state index is -0.575. The standard InChI is InChI=1S/C34H36O8/c1-3-32(35)39-24-8-6-5-7-23-38-29-17-13-27(14-18-29)10-9-26-11-15-28(16-12-26)34(37)42-31-21-19-30(20-22-31)40-25-41-33(36)4-2/h3-4,11-22H,1-2,5-10,23-25H2. The summed E-state index contributed by atoms with van der Waals surface area (Å²) in [5.74, 6) is 0.271. The van der Waals surface area contributed by atoms with Crippen LogP contribution in [0, 0.1) is 0 Å². The van der Waals surface area contributed by atoms with Gasteiger partial charge in [-0.1, -0.05) is 37.4 Å². The summed E-state index contributed by atoms with van der Waals surface area (Å²) in [6.07, 6.45) is 7.71. The number of rotatable bonds is 18. The summed E-state index contributed by atoms with van der Waals surface area (Å²) in [5.41, 5.74) is 2.77. The van der Waals surface area contributed by atoms with Gasteiger partial charge >= 0.3 is 17.9 Å². The van der Waals surface area contributed by atoms with Crippen LogP contribution >= 0.6 is 0 Å². The SMILES string of the molecule is C=CC(=O)OCCCCCCOc1ccc(CCc2ccc(C(=O)Oc3ccc(OCOC(=O)C=C)cc3)cc2)cc1. The number of hydrogen-bond acceptors (Lipinski definition) is 8. The van der Waals surface area contributed by atoms with Gasteiger partial charge in [0.2, 0.25) is 6.79 Å². The molecule has 0 amide bonds. The molecule has 0 spiro atoms. The van der Waals surface area contributed by atoms with Crippen LogP contribution in [0.3, 0.4) is 0 Å². The molecule has 0 saturated carbocycles. The fourth-order valence-electron chi connectivity index (χ4n) is 3.81. The molecule has 8 heteroatoms. The van der Waals surface area contributed by atoms with Crippen molar-refractivity contribution >= 4 is 17.9 Å². The Morgan fingerprint density at radius 2 is 1.07 bits per heavy atom. The molecule has 3 rings (SSSR count). The number of aryl methyl sites for hydroxylation is 2. The monoisotopic (exact) mass is 572 g/mol. The molecule has 0 fully saturated rings. The average molecular weight is 573 g/mol. The maximum atomic E-state index is 12.5. The summed E-state index contributed by atoms with van der Waals surface area (Å²) in [6.45, 7) is 7.52. The van der Waals surface area contributed by atoms with Crippen LogP contribution in [-0.4, -0.2) is 37.9 Å². The topological polar surface area (TPSA) is 97.4 Å². The summed E-state index contributed by atoms with van der Waals surface area (Å²) in [6, 6.07) is 21.9. The van der Waals surface area contributed by atoms with Crippen LogP contribution in [0.1, 0.15) is 47.2 Å². The van der Waals surface area contributed by atoms with Gasteiger partial charge in [-0.25, -0.2) is 14.4 Å². The van der Waals surface area contributed by atoms with Crippen LogP contribution < -0.4 is 14.2 Å². The van der Waals surface area contributed by atoms with E-state index in [4.69, 9.17) is 23.7 Å². The fourth-order valence-corrected chi connectivity index (χ4v) is 3.81. The second-order valence-corrected chi connectivity index (χ2v) is 9.27. The highest BCUT2D eigenvalue weighted by atomic mass is 16.7. The third-order valence-electron chi connectivity index (χ3n) is 6.16. The summed E-state index contributed by atoms with van der Waals surface area (Å²) >= 11 is 0. The zero-order valence-electron chi connectivity index (χ0n) is 23.6. The first-order chi connectivity index (χ1) is 20.5. The molecule has 42 heavy (non-hydrogen) atoms. The molecule has 0 aliphatic rings. The highest BCUT2D eigenvalue weighted by Crippen LogP contribution is 2.20. The van der Waals surface area contributed by atoms with Crippen LogP contribution in [0.25, 0.3) is 0 Å². The van der Waals surface area contributed by atoms with Gasteiger partial charge in [-0.15, -0.1) is 0 Å². The number of carbonyl (C=O) groups excluding carboxylic acids is 3. The van der Waals surface area contributed by atoms with Crippen molar-refractivity contribution in [1.82, 2.24) is 0 Å². The van der Waals surface area contributed by atoms with E-state index in [-0.39, 0.29) is 12.8 Å². The number of esters is 3. The zero-order valence-corrected chi connectivity index (χ0v) is 23.6. The molecule has 0 atom stereocenters. The van der Waals surface area contributed by atoms with Crippen molar-refractivity contribution in [1.29, 1.82) is 0 Å². The van der Waals surface area contributed by atoms with Gasteiger partial charge in [-0.2, -0.15) is 0 Å². The minimum absolute atomic E-state index is 0.239. The maximum absolute atomic E-state index is 12.5. The molecule has 3 aromatic rings. The van der Waals surface area contributed by atoms with Gasteiger partial charge in [-0.3, -0.25) is 0 Å². The van der Waals surface area contributed by atoms with Crippen LogP contribution in [0.2, 0.25) is 0 Å². The first-order valence-electron chi connectivity index (χ1n) is 13.8. The van der Waals surface area contributed by atoms with E-state index in [2.05, 4.69) is 25.3 Å². The third-order valence-corrected chi connectivity index (χ3v) is 6.16. The first kappa shape index (κ1) is 31.7. The van der Waals surface area contributed by atoms with Crippen molar-refractivity contribution in [3.8, 4) is 17.2 Å². The molecule has 0 heterocycles. The quantitative estimate of drug-likeness (QED) is 0.0566. The lowest BCUT2D eigenvalue weighted by atomic mass is 10.0. The van der Waals surface area contributed by atoms with E-state index in [1.807, 2.05) is 24.3 Å². The number of unbranched alkanes of at least 4 members (excludes halogenated alkanes) is 3. The van der Waals surface area contributed by atoms with Gasteiger partial charge < -0.3 is 23.7 Å². The van der Waals surface area contributed by atoms with Crippen LogP contribution in [0.5, 0.6) is 17.2 Å². The van der Waals surface area contributed by atoms with Crippen molar-refractivity contribution in [3.05, 3.63) is 115 Å². The number of carbonyl (C=O) groups is 3. The van der Waals surface area contributed by atoms with Crippen molar-refractivity contribution < 1.29 is 38.1 Å². The zero-order chi connectivity index (χ0) is 30.0. The summed E-state index contributed by atoms with van der Waals surface area (Å²) in [7, 11) is 0. The normalized spacial score (nSPS) is 10.3. The lowest BCUT2D eigenvalue weighted by molar-refractivity contribution is -0.144. The van der Waals surface area contributed by atoms with Crippen molar-refractivity contribution in [2.24, 2.45) is 0 Å². The van der Waals surface area contributed by atoms with E-state index in [9.17, 15) is 14.4 Å². The van der Waals surface area contributed by atoms with Crippen molar-refractivity contribution in [2.45, 2.75) is 38.5 Å². The molecule has 0 bridgehead atoms. The van der Waals surface area contributed by atoms with E-state index in [0.29, 0.717) is 30.3 Å². The number of benzene rings is 3. The molecule has 220 valence electrons. The maximum Gasteiger partial charge on any atom is 0.343 e. The Kier molecular flexibility index (Phi) is 13.4. The van der Waals surface area contributed by atoms with Crippen LogP contribution in [-0.2, 0) is 31.9 Å². The van der Waals surface area contributed by atoms with E-state index in [0.717, 1.165) is 55.9 Å². The van der Waals surface area contributed by atoms with Crippen molar-refractivity contribution in [2.75, 3.05) is 20.0 Å². The molecular weight excluding hydrogens is 536 g/mol. The second kappa shape index (κ2) is 17.8. The Hall–Kier alpha value is -4.85. The Morgan fingerprint density at radius 3 is 1.69 bits per heavy atom. The van der Waals surface area contributed by atoms with E-state index < -0.39 is 11.9 Å². The molecule has 3 aromatic carbocycles. The van der Waals surface area contributed by atoms with Gasteiger partial charge in [0.15, 0.2) is 0 Å². The Morgan fingerprint density at radius 1 is 0.571 bits per heavy atom. The molecule has 0 aliphatic heterocycles. The summed E-state index contributed by atoms with van der Waals surface area (Å²) in [5, 5.41) is 0. The fraction of sp³-hybridized carbons (Fsp3) is 0.265. The lowest BCUT2D eigenvalue weighted by Gasteiger charge is -2.09. The van der Waals surface area contributed by atoms with Gasteiger partial charge in [0.05, 0.1) is 18.8 Å². The Labute approximate surface area is 246 Å². The minimum Gasteiger partial charge on any atom is -0.494 e. The highest BCUT2D eigenvalue weighted by Gasteiger charge is 2.09. The van der Waals surface area contributed by atoms with Gasteiger partial charge in [0.1, 0.15) is 17.2 Å². The molecule has 0 unspecified atom stereocenters. The third kappa shape index (κ3) is 11.7. The summed E-state index contributed by atoms with van der Waals surface area (Å²) < 4.78 is 26.3. The molecule has 8 nitrogen and oxygen atoms in total. The first-order valence-corrected chi connectivity index (χ1v) is 13.8. The van der Waals surface area contributed by atoms with Crippen molar-refractivity contribution in [3.63, 3.8) is 0 Å². The van der Waals surface area contributed by atoms with Gasteiger partial charge in [0, 0.05) is 12.2 Å². The Bertz CT molecular complexity index is 1290. The molecule has 0 aromatic heterocycles. The molecule has 0 radical (unpaired) electrons. The average Bonchev–Trinajstić information content (AvgIpc) is 3.02. The largest absolute Gasteiger partial charge is 0.494 e. The molecular formula is C34H36O8. The molecule has 0 N–H and O–H groups in total. The smallest absolute Gasteiger partial charge is 0.343 e. The van der Waals surface area contributed by atoms with Gasteiger partial charge in [0.25, 0.3) is 0 Å². The lowest BCUT2D eigenvalue weighted by Crippen LogP contribution is -2.09. The van der Waals surface area contributed by atoms with Crippen LogP contribution in [0.15, 0.2) is 98.1 Å². The van der Waals surface area contributed by atoms with E-state index in [1.54, 1.807) is 36.4 Å². The molecule has 0 saturated heterocycles. The van der Waals surface area contributed by atoms with E-state index >= 15 is 0 Å². The number of hydrogen-bond donors (Lipinski definition) is 0. The summed E-state index contributed by atoms with van der Waals surface area (Å²) in [4.78, 5) is 34.6. The molecule has 0 aliphatic carbocycles. The van der Waals surface area contributed by atoms with Gasteiger partial charge in [-0.05, 0) is 98.2 Å². The second-order valence-electron chi connectivity index (χ2n) is 9.27. The predicted molar refractivity (Wildman–Crippen MR) is 159 cm³/mol. The van der Waals surface area contributed by atoms with E-state index in [1.165, 1.54) is 11.6 Å². The Balaban J connectivity index is 1.33. The number of ether oxygens (including phenoxy) is 5. The predicted octanol–water partition coefficient (Wildman–Crippen LogP) is 6.42. The highest BCUT2D eigenvalue weighted by molar-refractivity contribution is 5.91. The van der Waals surface area contributed by atoms with Crippen LogP contribution in [0.4, 0.5) is 0 Å².